The molecule has 0 saturated heterocycles. The van der Waals surface area contributed by atoms with Crippen molar-refractivity contribution in [3.63, 3.8) is 0 Å². The van der Waals surface area contributed by atoms with Crippen molar-refractivity contribution in [3.05, 3.63) is 59.7 Å². The fourth-order valence-corrected chi connectivity index (χ4v) is 2.08. The molecule has 0 radical (unpaired) electrons. The van der Waals surface area contributed by atoms with E-state index in [-0.39, 0.29) is 6.42 Å². The van der Waals surface area contributed by atoms with Gasteiger partial charge in [0.15, 0.2) is 11.5 Å². The van der Waals surface area contributed by atoms with E-state index in [0.717, 1.165) is 5.56 Å². The van der Waals surface area contributed by atoms with E-state index in [1.807, 2.05) is 30.3 Å². The Morgan fingerprint density at radius 1 is 1.18 bits per heavy atom. The molecule has 3 N–H and O–H groups in total. The smallest absolute Gasteiger partial charge is 0.305 e. The van der Waals surface area contributed by atoms with Gasteiger partial charge in [-0.15, -0.1) is 0 Å². The van der Waals surface area contributed by atoms with E-state index in [0.29, 0.717) is 23.7 Å². The Kier molecular flexibility index (Phi) is 5.38. The summed E-state index contributed by atoms with van der Waals surface area (Å²) >= 11 is 0. The van der Waals surface area contributed by atoms with E-state index in [1.54, 1.807) is 25.3 Å². The molecule has 0 spiro atoms. The third kappa shape index (κ3) is 4.23. The molecule has 0 aliphatic rings. The first kappa shape index (κ1) is 15.9. The number of methoxy groups -OCH3 is 1. The van der Waals surface area contributed by atoms with Crippen molar-refractivity contribution in [1.29, 1.82) is 0 Å². The largest absolute Gasteiger partial charge is 0.493 e. The maximum atomic E-state index is 10.8. The van der Waals surface area contributed by atoms with E-state index in [9.17, 15) is 4.79 Å². The SMILES string of the molecule is COc1ccc(C(N)CC(=O)O)cc1OCc1ccccc1. The van der Waals surface area contributed by atoms with Crippen molar-refractivity contribution in [2.24, 2.45) is 5.73 Å². The molecule has 0 heterocycles. The highest BCUT2D eigenvalue weighted by atomic mass is 16.5. The van der Waals surface area contributed by atoms with Crippen molar-refractivity contribution >= 4 is 5.97 Å². The predicted octanol–water partition coefficient (Wildman–Crippen LogP) is 2.75. The number of carboxylic acid groups (broad SMARTS) is 1. The van der Waals surface area contributed by atoms with Gasteiger partial charge < -0.3 is 20.3 Å². The summed E-state index contributed by atoms with van der Waals surface area (Å²) in [5.41, 5.74) is 7.62. The quantitative estimate of drug-likeness (QED) is 0.821. The van der Waals surface area contributed by atoms with E-state index in [2.05, 4.69) is 0 Å². The average Bonchev–Trinajstić information content (AvgIpc) is 2.53. The van der Waals surface area contributed by atoms with Crippen molar-refractivity contribution in [2.45, 2.75) is 19.1 Å². The number of carbonyl (C=O) groups is 1. The molecule has 0 saturated carbocycles. The number of hydrogen-bond donors (Lipinski definition) is 2. The number of aliphatic carboxylic acids is 1. The number of hydrogen-bond acceptors (Lipinski definition) is 4. The van der Waals surface area contributed by atoms with E-state index >= 15 is 0 Å². The number of nitrogens with two attached hydrogens (primary N) is 1. The Bertz CT molecular complexity index is 628. The topological polar surface area (TPSA) is 81.8 Å². The van der Waals surface area contributed by atoms with Gasteiger partial charge in [-0.25, -0.2) is 0 Å². The second-order valence-corrected chi connectivity index (χ2v) is 4.89. The van der Waals surface area contributed by atoms with Crippen LogP contribution in [0.15, 0.2) is 48.5 Å². The summed E-state index contributed by atoms with van der Waals surface area (Å²) in [7, 11) is 1.56. The summed E-state index contributed by atoms with van der Waals surface area (Å²) in [4.78, 5) is 10.8. The molecule has 0 bridgehead atoms. The number of benzene rings is 2. The molecule has 1 unspecified atom stereocenters. The molecule has 5 heteroatoms. The first-order valence-electron chi connectivity index (χ1n) is 6.92. The highest BCUT2D eigenvalue weighted by molar-refractivity contribution is 5.68. The van der Waals surface area contributed by atoms with Crippen LogP contribution in [0.4, 0.5) is 0 Å². The number of ether oxygens (including phenoxy) is 2. The fourth-order valence-electron chi connectivity index (χ4n) is 2.08. The van der Waals surface area contributed by atoms with E-state index in [1.165, 1.54) is 0 Å². The third-order valence-electron chi connectivity index (χ3n) is 3.25. The van der Waals surface area contributed by atoms with E-state index in [4.69, 9.17) is 20.3 Å². The van der Waals surface area contributed by atoms with Gasteiger partial charge in [-0.05, 0) is 23.3 Å². The summed E-state index contributed by atoms with van der Waals surface area (Å²) < 4.78 is 11.0. The van der Waals surface area contributed by atoms with Crippen LogP contribution in [0.2, 0.25) is 0 Å². The first-order chi connectivity index (χ1) is 10.6. The molecular formula is C17H19NO4. The zero-order valence-corrected chi connectivity index (χ0v) is 12.4. The first-order valence-corrected chi connectivity index (χ1v) is 6.92. The molecule has 22 heavy (non-hydrogen) atoms. The standard InChI is InChI=1S/C17H19NO4/c1-21-15-8-7-13(14(18)10-17(19)20)9-16(15)22-11-12-5-3-2-4-6-12/h2-9,14H,10-11,18H2,1H3,(H,19,20). The van der Waals surface area contributed by atoms with Crippen molar-refractivity contribution < 1.29 is 19.4 Å². The monoisotopic (exact) mass is 301 g/mol. The molecule has 5 nitrogen and oxygen atoms in total. The molecule has 2 aromatic rings. The lowest BCUT2D eigenvalue weighted by atomic mass is 10.0. The van der Waals surface area contributed by atoms with Crippen LogP contribution in [-0.4, -0.2) is 18.2 Å². The molecular weight excluding hydrogens is 282 g/mol. The molecule has 0 aromatic heterocycles. The lowest BCUT2D eigenvalue weighted by molar-refractivity contribution is -0.137. The maximum Gasteiger partial charge on any atom is 0.305 e. The van der Waals surface area contributed by atoms with Gasteiger partial charge in [0.25, 0.3) is 0 Å². The van der Waals surface area contributed by atoms with Crippen LogP contribution in [0.25, 0.3) is 0 Å². The molecule has 2 aromatic carbocycles. The normalized spacial score (nSPS) is 11.7. The predicted molar refractivity (Wildman–Crippen MR) is 82.9 cm³/mol. The summed E-state index contributed by atoms with van der Waals surface area (Å²) in [6, 6.07) is 14.4. The summed E-state index contributed by atoms with van der Waals surface area (Å²) in [6.07, 6.45) is -0.134. The zero-order chi connectivity index (χ0) is 15.9. The summed E-state index contributed by atoms with van der Waals surface area (Å²) in [5, 5.41) is 8.83. The fraction of sp³-hybridized carbons (Fsp3) is 0.235. The second-order valence-electron chi connectivity index (χ2n) is 4.89. The van der Waals surface area contributed by atoms with Crippen LogP contribution in [-0.2, 0) is 11.4 Å². The van der Waals surface area contributed by atoms with Gasteiger partial charge in [0.05, 0.1) is 13.5 Å². The van der Waals surface area contributed by atoms with Gasteiger partial charge in [-0.1, -0.05) is 36.4 Å². The van der Waals surface area contributed by atoms with Crippen LogP contribution in [0.5, 0.6) is 11.5 Å². The van der Waals surface area contributed by atoms with Crippen molar-refractivity contribution in [2.75, 3.05) is 7.11 Å². The van der Waals surface area contributed by atoms with Crippen LogP contribution < -0.4 is 15.2 Å². The third-order valence-corrected chi connectivity index (χ3v) is 3.25. The minimum absolute atomic E-state index is 0.134. The van der Waals surface area contributed by atoms with Crippen LogP contribution in [0.3, 0.4) is 0 Å². The molecule has 2 rings (SSSR count). The molecule has 0 aliphatic carbocycles. The average molecular weight is 301 g/mol. The zero-order valence-electron chi connectivity index (χ0n) is 12.4. The Morgan fingerprint density at radius 2 is 1.91 bits per heavy atom. The highest BCUT2D eigenvalue weighted by Crippen LogP contribution is 2.31. The Labute approximate surface area is 129 Å². The molecule has 116 valence electrons. The molecule has 0 amide bonds. The van der Waals surface area contributed by atoms with Crippen LogP contribution in [0, 0.1) is 0 Å². The minimum atomic E-state index is -0.935. The lowest BCUT2D eigenvalue weighted by Gasteiger charge is -2.15. The highest BCUT2D eigenvalue weighted by Gasteiger charge is 2.14. The van der Waals surface area contributed by atoms with Crippen molar-refractivity contribution in [1.82, 2.24) is 0 Å². The van der Waals surface area contributed by atoms with Gasteiger partial charge in [0.2, 0.25) is 0 Å². The lowest BCUT2D eigenvalue weighted by Crippen LogP contribution is -2.15. The summed E-state index contributed by atoms with van der Waals surface area (Å²) in [6.45, 7) is 0.398. The Hall–Kier alpha value is -2.53. The number of rotatable bonds is 7. The van der Waals surface area contributed by atoms with Gasteiger partial charge in [0.1, 0.15) is 6.61 Å². The second kappa shape index (κ2) is 7.47. The van der Waals surface area contributed by atoms with Gasteiger partial charge in [-0.2, -0.15) is 0 Å². The van der Waals surface area contributed by atoms with Crippen LogP contribution >= 0.6 is 0 Å². The Balaban J connectivity index is 2.15. The molecule has 0 fully saturated rings. The van der Waals surface area contributed by atoms with Crippen LogP contribution in [0.1, 0.15) is 23.6 Å². The maximum absolute atomic E-state index is 10.8. The number of carboxylic acids is 1. The molecule has 1 atom stereocenters. The Morgan fingerprint density at radius 3 is 2.55 bits per heavy atom. The minimum Gasteiger partial charge on any atom is -0.493 e. The van der Waals surface area contributed by atoms with Gasteiger partial charge >= 0.3 is 5.97 Å². The van der Waals surface area contributed by atoms with Gasteiger partial charge in [0, 0.05) is 6.04 Å². The van der Waals surface area contributed by atoms with E-state index < -0.39 is 12.0 Å². The van der Waals surface area contributed by atoms with Crippen molar-refractivity contribution in [3.8, 4) is 11.5 Å². The summed E-state index contributed by atoms with van der Waals surface area (Å²) in [5.74, 6) is 0.196. The molecule has 0 aliphatic heterocycles. The van der Waals surface area contributed by atoms with Gasteiger partial charge in [-0.3, -0.25) is 4.79 Å².